The van der Waals surface area contributed by atoms with Gasteiger partial charge in [0.15, 0.2) is 35.2 Å². The number of ether oxygens (including phenoxy) is 4. The molecule has 0 spiro atoms. The molecule has 0 radical (unpaired) electrons. The molecule has 2 saturated carbocycles. The van der Waals surface area contributed by atoms with Gasteiger partial charge >= 0.3 is 6.09 Å². The maximum atomic E-state index is 15.8. The van der Waals surface area contributed by atoms with E-state index < -0.39 is 79.9 Å². The molecule has 9 rings (SSSR count). The molecule has 2 aliphatic heterocycles. The summed E-state index contributed by atoms with van der Waals surface area (Å²) in [6.07, 6.45) is 20.0. The maximum absolute atomic E-state index is 15.8. The molecule has 5 aromatic rings. The van der Waals surface area contributed by atoms with Gasteiger partial charge in [-0.05, 0) is 108 Å². The number of hydrogen-bond donors (Lipinski definition) is 2. The smallest absolute Gasteiger partial charge is 0.418 e. The SMILES string of the molecule is C#CCOc1cnc(/C(F)=C/c2cnc(F)c([C@@]3(C)N=C(N(COCC[Si](C)(C)C)C(=O)OC(C)(C)C)S[C@@]4(C(=O)N(C)C)C[C@H]43)c2)cn1.C#CCOc1cnc(/C(F)=C/c2cnc(F)c([C@@]3(C)N=C(N)S[C@@]4(C(=O)N(C)C)C[C@H]43)c2)cn1.Cc1ccc(S(=O)(=O)O)cc1. The van der Waals surface area contributed by atoms with E-state index in [9.17, 15) is 31.6 Å². The molecule has 3 N–H and O–H groups in total. The van der Waals surface area contributed by atoms with Crippen molar-refractivity contribution in [3.8, 4) is 36.4 Å². The quantitative estimate of drug-likeness (QED) is 0.0157. The number of amides is 3. The summed E-state index contributed by atoms with van der Waals surface area (Å²) in [6.45, 7) is 17.4. The third kappa shape index (κ3) is 17.5. The summed E-state index contributed by atoms with van der Waals surface area (Å²) in [6, 6.07) is 9.76. The van der Waals surface area contributed by atoms with Gasteiger partial charge in [0.25, 0.3) is 10.1 Å². The van der Waals surface area contributed by atoms with Crippen molar-refractivity contribution in [2.45, 2.75) is 111 Å². The predicted octanol–water partition coefficient (Wildman–Crippen LogP) is 10.1. The number of nitrogens with two attached hydrogens (primary N) is 1. The Morgan fingerprint density at radius 1 is 0.745 bits per heavy atom. The Bertz CT molecular complexity index is 3990. The first-order valence-corrected chi connectivity index (χ1v) is 35.9. The zero-order valence-electron chi connectivity index (χ0n) is 54.2. The summed E-state index contributed by atoms with van der Waals surface area (Å²) in [5, 5.41) is 0.350. The summed E-state index contributed by atoms with van der Waals surface area (Å²) in [7, 11) is 1.16. The number of aryl methyl sites for hydroxylation is 1. The third-order valence-corrected chi connectivity index (χ3v) is 20.4. The number of nitrogens with zero attached hydrogens (tertiary/aromatic N) is 11. The number of halogens is 4. The van der Waals surface area contributed by atoms with Crippen molar-refractivity contribution >= 4 is 93.8 Å². The van der Waals surface area contributed by atoms with Crippen molar-refractivity contribution in [2.75, 3.05) is 54.7 Å². The Morgan fingerprint density at radius 2 is 1.20 bits per heavy atom. The molecule has 6 atom stereocenters. The molecular formula is C64H74F4N12O10S3Si. The van der Waals surface area contributed by atoms with Crippen molar-refractivity contribution in [3.05, 3.63) is 125 Å². The van der Waals surface area contributed by atoms with Crippen LogP contribution in [0.1, 0.15) is 86.7 Å². The van der Waals surface area contributed by atoms with Crippen LogP contribution in [0.2, 0.25) is 25.7 Å². The molecular weight excluding hydrogens is 1300 g/mol. The lowest BCUT2D eigenvalue weighted by molar-refractivity contribution is -0.130. The Balaban J connectivity index is 0.000000238. The molecule has 94 heavy (non-hydrogen) atoms. The molecule has 0 saturated heterocycles. The largest absolute Gasteiger partial charge is 0.463 e. The van der Waals surface area contributed by atoms with Crippen LogP contribution in [-0.2, 0) is 40.3 Å². The Labute approximate surface area is 553 Å². The molecule has 22 nitrogen and oxygen atoms in total. The fourth-order valence-corrected chi connectivity index (χ4v) is 14.6. The monoisotopic (exact) mass is 1370 g/mol. The number of pyridine rings is 2. The Kier molecular flexibility index (Phi) is 22.7. The minimum atomic E-state index is -4.02. The second-order valence-electron chi connectivity index (χ2n) is 25.2. The lowest BCUT2D eigenvalue weighted by atomic mass is 9.86. The number of aliphatic imine (C=N–C) groups is 2. The van der Waals surface area contributed by atoms with Gasteiger partial charge in [0, 0.05) is 78.2 Å². The molecule has 1 aromatic carbocycles. The molecule has 500 valence electrons. The molecule has 30 heteroatoms. The zero-order chi connectivity index (χ0) is 69.5. The number of hydrogen-bond acceptors (Lipinski definition) is 20. The summed E-state index contributed by atoms with van der Waals surface area (Å²) in [5.74, 6) is 0.824. The van der Waals surface area contributed by atoms with Crippen LogP contribution >= 0.6 is 23.5 Å². The van der Waals surface area contributed by atoms with Crippen LogP contribution in [0.4, 0.5) is 22.4 Å². The van der Waals surface area contributed by atoms with E-state index in [4.69, 9.17) is 47.1 Å². The zero-order valence-corrected chi connectivity index (χ0v) is 57.6. The highest BCUT2D eigenvalue weighted by atomic mass is 32.2. The van der Waals surface area contributed by atoms with Gasteiger partial charge in [-0.1, -0.05) is 72.7 Å². The van der Waals surface area contributed by atoms with E-state index in [2.05, 4.69) is 66.4 Å². The van der Waals surface area contributed by atoms with Crippen LogP contribution in [0.15, 0.2) is 88.5 Å². The third-order valence-electron chi connectivity index (χ3n) is 15.1. The van der Waals surface area contributed by atoms with Gasteiger partial charge in [0.2, 0.25) is 35.5 Å². The summed E-state index contributed by atoms with van der Waals surface area (Å²) >= 11 is 2.36. The number of thioether (sulfide) groups is 2. The number of carbonyl (C=O) groups excluding carboxylic acids is 3. The summed E-state index contributed by atoms with van der Waals surface area (Å²) < 4.78 is 111. The van der Waals surface area contributed by atoms with Gasteiger partial charge in [-0.3, -0.25) is 24.1 Å². The van der Waals surface area contributed by atoms with E-state index in [1.54, 1.807) is 74.9 Å². The average Bonchev–Trinajstić information content (AvgIpc) is 1.53. The van der Waals surface area contributed by atoms with Crippen LogP contribution in [0.25, 0.3) is 23.8 Å². The van der Waals surface area contributed by atoms with E-state index in [-0.39, 0.29) is 92.7 Å². The topological polar surface area (TPSA) is 280 Å². The first-order chi connectivity index (χ1) is 43.9. The fourth-order valence-electron chi connectivity index (χ4n) is 10.2. The van der Waals surface area contributed by atoms with Crippen molar-refractivity contribution in [1.29, 1.82) is 0 Å². The standard InChI is InChI=1S/C34H44F2N6O5SSi.C23H22F2N6O2S.C7H8O3S/c1-11-12-46-27-20-37-25(19-38-27)24(35)16-22-15-23(28(36)39-18-22)33(5)26-17-34(26,29(43)41(6)7)48-30(40-33)42(31(44)47-32(2,3)4)21-45-13-14-49(8,9)10;1-5-6-33-18-12-27-16(11-28-18)15(24)8-13-7-14(19(25)29-10-13)22(2)17-9-23(17,20(32)31(3)4)34-21(26)30-22;1-6-2-4-7(5-3-6)11(8,9)10/h1,15-16,18-20,26H,12-14,17,21H2,2-10H3;1,7-8,10-12,17H,6,9H2,2-4H3,(H2,26,30);2-5H,1H3,(H,8,9,10)/b24-16-;15-8-;/t26-,33+,34-;17-,22+,23-;/m00./s1. The minimum absolute atomic E-state index is 0.0125. The predicted molar refractivity (Wildman–Crippen MR) is 355 cm³/mol. The van der Waals surface area contributed by atoms with Crippen LogP contribution in [0.3, 0.4) is 0 Å². The van der Waals surface area contributed by atoms with E-state index >= 15 is 8.78 Å². The first kappa shape index (κ1) is 73.2. The lowest BCUT2D eigenvalue weighted by Gasteiger charge is -2.38. The van der Waals surface area contributed by atoms with Gasteiger partial charge in [-0.2, -0.15) is 17.2 Å². The van der Waals surface area contributed by atoms with Gasteiger partial charge in [-0.25, -0.2) is 48.4 Å². The second-order valence-corrected chi connectivity index (χ2v) is 34.9. The van der Waals surface area contributed by atoms with E-state index in [0.717, 1.165) is 29.4 Å². The highest BCUT2D eigenvalue weighted by molar-refractivity contribution is 8.16. The highest BCUT2D eigenvalue weighted by Crippen LogP contribution is 2.68. The Morgan fingerprint density at radius 3 is 1.61 bits per heavy atom. The number of aromatic nitrogens is 6. The van der Waals surface area contributed by atoms with E-state index in [0.29, 0.717) is 25.0 Å². The number of amidine groups is 2. The molecule has 6 heterocycles. The number of terminal acetylenes is 2. The molecule has 3 amide bonds. The Hall–Kier alpha value is -8.26. The van der Waals surface area contributed by atoms with Crippen LogP contribution in [0, 0.1) is 55.3 Å². The number of rotatable bonds is 18. The normalized spacial score (nSPS) is 22.0. The van der Waals surface area contributed by atoms with Crippen LogP contribution < -0.4 is 15.2 Å². The number of benzene rings is 1. The van der Waals surface area contributed by atoms with Crippen molar-refractivity contribution in [3.63, 3.8) is 0 Å². The number of fused-ring (bicyclic) bond motifs is 2. The fraction of sp³-hybridized carbons (Fsp3) is 0.422. The highest BCUT2D eigenvalue weighted by Gasteiger charge is 2.73. The van der Waals surface area contributed by atoms with E-state index in [1.165, 1.54) is 94.0 Å². The van der Waals surface area contributed by atoms with Crippen molar-refractivity contribution in [1.82, 2.24) is 44.6 Å². The van der Waals surface area contributed by atoms with Gasteiger partial charge in [0.05, 0.1) is 40.8 Å². The molecule has 4 aliphatic rings. The van der Waals surface area contributed by atoms with Gasteiger partial charge in [0.1, 0.15) is 33.2 Å². The van der Waals surface area contributed by atoms with Gasteiger partial charge < -0.3 is 34.5 Å². The molecule has 0 bridgehead atoms. The number of carbonyl (C=O) groups is 3. The van der Waals surface area contributed by atoms with Crippen molar-refractivity contribution < 1.29 is 63.9 Å². The average molecular weight is 1370 g/mol. The molecule has 0 unspecified atom stereocenters. The molecule has 4 aromatic heterocycles. The minimum Gasteiger partial charge on any atom is -0.463 e. The second kappa shape index (κ2) is 29.2. The van der Waals surface area contributed by atoms with E-state index in [1.807, 2.05) is 6.92 Å². The first-order valence-electron chi connectivity index (χ1n) is 29.1. The summed E-state index contributed by atoms with van der Waals surface area (Å²) in [4.78, 5) is 77.6. The molecule has 2 fully saturated rings. The van der Waals surface area contributed by atoms with Crippen molar-refractivity contribution in [2.24, 2.45) is 27.6 Å². The van der Waals surface area contributed by atoms with Crippen LogP contribution in [-0.4, -0.2) is 164 Å². The van der Waals surface area contributed by atoms with Gasteiger partial charge in [-0.15, -0.1) is 12.8 Å². The maximum Gasteiger partial charge on any atom is 0.418 e. The summed E-state index contributed by atoms with van der Waals surface area (Å²) in [5.41, 5.74) is 4.25. The molecule has 2 aliphatic carbocycles. The lowest BCUT2D eigenvalue weighted by Crippen LogP contribution is -2.48. The van der Waals surface area contributed by atoms with Crippen LogP contribution in [0.5, 0.6) is 11.8 Å².